The van der Waals surface area contributed by atoms with Crippen molar-refractivity contribution in [1.29, 1.82) is 0 Å². The van der Waals surface area contributed by atoms with Gasteiger partial charge in [0.05, 0.1) is 0 Å². The smallest absolute Gasteiger partial charge is 0.250 e. The zero-order valence-electron chi connectivity index (χ0n) is 19.0. The first-order valence-corrected chi connectivity index (χ1v) is 11.7. The first-order chi connectivity index (χ1) is 15.0. The van der Waals surface area contributed by atoms with E-state index in [1.165, 1.54) is 12.0 Å². The molecule has 2 amide bonds. The van der Waals surface area contributed by atoms with Crippen molar-refractivity contribution < 1.29 is 9.59 Å². The number of benzene rings is 2. The molecule has 4 nitrogen and oxygen atoms in total. The van der Waals surface area contributed by atoms with E-state index in [9.17, 15) is 9.59 Å². The quantitative estimate of drug-likeness (QED) is 0.701. The Balaban J connectivity index is 1.63. The highest BCUT2D eigenvalue weighted by Crippen LogP contribution is 2.37. The van der Waals surface area contributed by atoms with Crippen molar-refractivity contribution in [1.82, 2.24) is 9.80 Å². The van der Waals surface area contributed by atoms with Gasteiger partial charge in [-0.2, -0.15) is 0 Å². The van der Waals surface area contributed by atoms with Gasteiger partial charge in [0.2, 0.25) is 5.91 Å². The molecule has 164 valence electrons. The summed E-state index contributed by atoms with van der Waals surface area (Å²) in [4.78, 5) is 31.0. The van der Waals surface area contributed by atoms with Crippen LogP contribution < -0.4 is 0 Å². The van der Waals surface area contributed by atoms with Crippen LogP contribution >= 0.6 is 0 Å². The third-order valence-corrected chi connectivity index (χ3v) is 7.40. The van der Waals surface area contributed by atoms with Crippen LogP contribution in [0.15, 0.2) is 54.6 Å². The number of hydrogen-bond donors (Lipinski definition) is 0. The highest BCUT2D eigenvalue weighted by atomic mass is 16.2. The van der Waals surface area contributed by atoms with Crippen molar-refractivity contribution in [3.05, 3.63) is 71.3 Å². The summed E-state index contributed by atoms with van der Waals surface area (Å²) in [5.74, 6) is 1.14. The summed E-state index contributed by atoms with van der Waals surface area (Å²) >= 11 is 0. The third kappa shape index (κ3) is 4.53. The number of aryl methyl sites for hydroxylation is 1. The second kappa shape index (κ2) is 9.25. The molecule has 1 saturated heterocycles. The largest absolute Gasteiger partial charge is 0.328 e. The van der Waals surface area contributed by atoms with E-state index in [0.717, 1.165) is 30.4 Å². The Kier molecular flexibility index (Phi) is 6.45. The standard InChI is InChI=1S/C27H34N2O2/c1-19-12-14-23(15-13-19)26-27(31)29(24-11-7-8-20(2)21(24)3)18-25(30)28(26)17-16-22-9-5-4-6-10-22/h4-6,9-10,12-15,20-21,24,26H,7-8,11,16-18H2,1-3H3/t20-,21-,24-,26-/m1/s1. The summed E-state index contributed by atoms with van der Waals surface area (Å²) in [6, 6.07) is 17.9. The minimum Gasteiger partial charge on any atom is -0.328 e. The Labute approximate surface area is 186 Å². The lowest BCUT2D eigenvalue weighted by Gasteiger charge is -2.47. The maximum atomic E-state index is 13.9. The number of amides is 2. The second-order valence-corrected chi connectivity index (χ2v) is 9.44. The molecule has 4 rings (SSSR count). The molecule has 0 spiro atoms. The lowest BCUT2D eigenvalue weighted by molar-refractivity contribution is -0.160. The van der Waals surface area contributed by atoms with E-state index in [1.54, 1.807) is 0 Å². The molecular weight excluding hydrogens is 384 g/mol. The van der Waals surface area contributed by atoms with Crippen LogP contribution in [0, 0.1) is 18.8 Å². The summed E-state index contributed by atoms with van der Waals surface area (Å²) in [7, 11) is 0. The fraction of sp³-hybridized carbons (Fsp3) is 0.481. The van der Waals surface area contributed by atoms with E-state index >= 15 is 0 Å². The second-order valence-electron chi connectivity index (χ2n) is 9.44. The third-order valence-electron chi connectivity index (χ3n) is 7.40. The van der Waals surface area contributed by atoms with Gasteiger partial charge in [-0.15, -0.1) is 0 Å². The summed E-state index contributed by atoms with van der Waals surface area (Å²) in [6.07, 6.45) is 4.08. The maximum absolute atomic E-state index is 13.9. The van der Waals surface area contributed by atoms with Crippen LogP contribution in [-0.4, -0.2) is 40.7 Å². The number of piperazine rings is 1. The molecule has 0 radical (unpaired) electrons. The normalized spacial score (nSPS) is 26.9. The number of nitrogens with zero attached hydrogens (tertiary/aromatic N) is 2. The van der Waals surface area contributed by atoms with Gasteiger partial charge in [-0.25, -0.2) is 0 Å². The number of carbonyl (C=O) groups excluding carboxylic acids is 2. The Morgan fingerprint density at radius 2 is 1.65 bits per heavy atom. The zero-order valence-corrected chi connectivity index (χ0v) is 19.0. The van der Waals surface area contributed by atoms with E-state index < -0.39 is 6.04 Å². The fourth-order valence-corrected chi connectivity index (χ4v) is 5.24. The van der Waals surface area contributed by atoms with Crippen LogP contribution in [0.2, 0.25) is 0 Å². The minimum atomic E-state index is -0.532. The predicted molar refractivity (Wildman–Crippen MR) is 123 cm³/mol. The predicted octanol–water partition coefficient (Wildman–Crippen LogP) is 4.77. The SMILES string of the molecule is Cc1ccc([C@@H]2C(=O)N([C@@H]3CCC[C@@H](C)[C@H]3C)CC(=O)N2CCc2ccccc2)cc1. The van der Waals surface area contributed by atoms with E-state index in [1.807, 2.05) is 59.2 Å². The minimum absolute atomic E-state index is 0.0616. The maximum Gasteiger partial charge on any atom is 0.250 e. The lowest BCUT2D eigenvalue weighted by atomic mass is 9.76. The average Bonchev–Trinajstić information content (AvgIpc) is 2.77. The van der Waals surface area contributed by atoms with Crippen LogP contribution in [0.3, 0.4) is 0 Å². The molecule has 0 unspecified atom stereocenters. The van der Waals surface area contributed by atoms with E-state index in [4.69, 9.17) is 0 Å². The number of carbonyl (C=O) groups is 2. The molecule has 4 heteroatoms. The van der Waals surface area contributed by atoms with Crippen molar-refractivity contribution in [2.75, 3.05) is 13.1 Å². The molecule has 1 aliphatic heterocycles. The molecule has 4 atom stereocenters. The van der Waals surface area contributed by atoms with Gasteiger partial charge in [0.1, 0.15) is 12.6 Å². The Morgan fingerprint density at radius 1 is 0.935 bits per heavy atom. The van der Waals surface area contributed by atoms with E-state index in [2.05, 4.69) is 26.0 Å². The highest BCUT2D eigenvalue weighted by molar-refractivity contribution is 5.95. The summed E-state index contributed by atoms with van der Waals surface area (Å²) in [5.41, 5.74) is 3.25. The monoisotopic (exact) mass is 418 g/mol. The molecule has 1 saturated carbocycles. The van der Waals surface area contributed by atoms with Crippen molar-refractivity contribution in [3.8, 4) is 0 Å². The highest BCUT2D eigenvalue weighted by Gasteiger charge is 2.44. The van der Waals surface area contributed by atoms with Gasteiger partial charge < -0.3 is 9.80 Å². The van der Waals surface area contributed by atoms with Gasteiger partial charge in [-0.3, -0.25) is 9.59 Å². The average molecular weight is 419 g/mol. The van der Waals surface area contributed by atoms with Crippen LogP contribution in [0.5, 0.6) is 0 Å². The molecular formula is C27H34N2O2. The molecule has 2 aliphatic rings. The Morgan fingerprint density at radius 3 is 2.35 bits per heavy atom. The molecule has 2 aromatic carbocycles. The van der Waals surface area contributed by atoms with Crippen molar-refractivity contribution in [2.24, 2.45) is 11.8 Å². The molecule has 0 aromatic heterocycles. The zero-order chi connectivity index (χ0) is 22.0. The molecule has 2 aromatic rings. The number of rotatable bonds is 5. The molecule has 0 N–H and O–H groups in total. The summed E-state index contributed by atoms with van der Waals surface area (Å²) in [6.45, 7) is 7.32. The van der Waals surface area contributed by atoms with Crippen molar-refractivity contribution in [3.63, 3.8) is 0 Å². The molecule has 31 heavy (non-hydrogen) atoms. The first kappa shape index (κ1) is 21.6. The van der Waals surface area contributed by atoms with E-state index in [0.29, 0.717) is 18.4 Å². The van der Waals surface area contributed by atoms with Gasteiger partial charge in [-0.05, 0) is 42.7 Å². The van der Waals surface area contributed by atoms with Crippen molar-refractivity contribution >= 4 is 11.8 Å². The van der Waals surface area contributed by atoms with Gasteiger partial charge >= 0.3 is 0 Å². The fourth-order valence-electron chi connectivity index (χ4n) is 5.24. The lowest BCUT2D eigenvalue weighted by Crippen LogP contribution is -2.60. The molecule has 0 bridgehead atoms. The molecule has 1 heterocycles. The van der Waals surface area contributed by atoms with Gasteiger partial charge in [0, 0.05) is 12.6 Å². The van der Waals surface area contributed by atoms with Crippen LogP contribution in [0.4, 0.5) is 0 Å². The first-order valence-electron chi connectivity index (χ1n) is 11.7. The van der Waals surface area contributed by atoms with Crippen molar-refractivity contribution in [2.45, 2.75) is 58.5 Å². The number of hydrogen-bond acceptors (Lipinski definition) is 2. The summed E-state index contributed by atoms with van der Waals surface area (Å²) < 4.78 is 0. The van der Waals surface area contributed by atoms with Gasteiger partial charge in [0.25, 0.3) is 5.91 Å². The Hall–Kier alpha value is -2.62. The molecule has 2 fully saturated rings. The van der Waals surface area contributed by atoms with E-state index in [-0.39, 0.29) is 24.4 Å². The van der Waals surface area contributed by atoms with Crippen LogP contribution in [-0.2, 0) is 16.0 Å². The van der Waals surface area contributed by atoms with Crippen LogP contribution in [0.25, 0.3) is 0 Å². The van der Waals surface area contributed by atoms with Gasteiger partial charge in [-0.1, -0.05) is 86.8 Å². The van der Waals surface area contributed by atoms with Crippen LogP contribution in [0.1, 0.15) is 55.8 Å². The topological polar surface area (TPSA) is 40.6 Å². The Bertz CT molecular complexity index is 909. The summed E-state index contributed by atoms with van der Waals surface area (Å²) in [5, 5.41) is 0. The molecule has 1 aliphatic carbocycles. The van der Waals surface area contributed by atoms with Gasteiger partial charge in [0.15, 0.2) is 0 Å².